The molecular weight excluding hydrogens is 230 g/mol. The minimum Gasteiger partial charge on any atom is -0.392 e. The van der Waals surface area contributed by atoms with Crippen molar-refractivity contribution in [3.8, 4) is 0 Å². The Bertz CT molecular complexity index is 493. The molecule has 4 nitrogen and oxygen atoms in total. The molecule has 0 radical (unpaired) electrons. The Morgan fingerprint density at radius 1 is 1.17 bits per heavy atom. The quantitative estimate of drug-likeness (QED) is 0.761. The number of hydrogen-bond donors (Lipinski definition) is 1. The van der Waals surface area contributed by atoms with Gasteiger partial charge < -0.3 is 19.1 Å². The van der Waals surface area contributed by atoms with Gasteiger partial charge in [-0.3, -0.25) is 0 Å². The van der Waals surface area contributed by atoms with Gasteiger partial charge in [-0.2, -0.15) is 0 Å². The van der Waals surface area contributed by atoms with Crippen LogP contribution in [0.2, 0.25) is 0 Å². The molecule has 18 heavy (non-hydrogen) atoms. The summed E-state index contributed by atoms with van der Waals surface area (Å²) < 4.78 is 12.5. The van der Waals surface area contributed by atoms with Crippen molar-refractivity contribution in [2.45, 2.75) is 13.2 Å². The van der Waals surface area contributed by atoms with Gasteiger partial charge in [0.1, 0.15) is 0 Å². The largest absolute Gasteiger partial charge is 0.392 e. The number of aromatic nitrogens is 1. The smallest absolute Gasteiger partial charge is 0.0701 e. The predicted molar refractivity (Wildman–Crippen MR) is 70.6 cm³/mol. The van der Waals surface area contributed by atoms with E-state index in [1.54, 1.807) is 7.11 Å². The lowest BCUT2D eigenvalue weighted by Crippen LogP contribution is -2.08. The van der Waals surface area contributed by atoms with E-state index in [9.17, 15) is 5.11 Å². The Kier molecular flexibility index (Phi) is 4.75. The summed E-state index contributed by atoms with van der Waals surface area (Å²) in [6, 6.07) is 8.01. The zero-order valence-electron chi connectivity index (χ0n) is 10.6. The average Bonchev–Trinajstić information content (AvgIpc) is 2.82. The summed E-state index contributed by atoms with van der Waals surface area (Å²) in [5, 5.41) is 10.4. The molecule has 0 aliphatic heterocycles. The van der Waals surface area contributed by atoms with E-state index in [0.717, 1.165) is 23.0 Å². The van der Waals surface area contributed by atoms with Crippen LogP contribution in [0.3, 0.4) is 0 Å². The van der Waals surface area contributed by atoms with Crippen molar-refractivity contribution in [1.82, 2.24) is 4.57 Å². The summed E-state index contributed by atoms with van der Waals surface area (Å²) in [7, 11) is 1.67. The molecule has 0 bridgehead atoms. The Labute approximate surface area is 107 Å². The number of aliphatic hydroxyl groups excluding tert-OH is 1. The van der Waals surface area contributed by atoms with Crippen LogP contribution in [0.5, 0.6) is 0 Å². The fourth-order valence-electron chi connectivity index (χ4n) is 2.03. The van der Waals surface area contributed by atoms with Crippen LogP contribution in [0.1, 0.15) is 5.56 Å². The standard InChI is InChI=1S/C14H19NO3/c1-17-9-10-18-8-7-15-6-5-13-12(11-16)3-2-4-14(13)15/h2-6,16H,7-11H2,1H3. The fourth-order valence-corrected chi connectivity index (χ4v) is 2.03. The van der Waals surface area contributed by atoms with Gasteiger partial charge in [0.2, 0.25) is 0 Å². The third-order valence-corrected chi connectivity index (χ3v) is 2.98. The first-order valence-corrected chi connectivity index (χ1v) is 6.11. The SMILES string of the molecule is COCCOCCn1ccc2c(CO)cccc21. The Morgan fingerprint density at radius 3 is 2.83 bits per heavy atom. The maximum atomic E-state index is 9.27. The molecule has 0 unspecified atom stereocenters. The Balaban J connectivity index is 2.01. The van der Waals surface area contributed by atoms with Gasteiger partial charge in [0.25, 0.3) is 0 Å². The Morgan fingerprint density at radius 2 is 2.06 bits per heavy atom. The highest BCUT2D eigenvalue weighted by molar-refractivity contribution is 5.83. The van der Waals surface area contributed by atoms with Crippen LogP contribution in [0.25, 0.3) is 10.9 Å². The number of aliphatic hydroxyl groups is 1. The van der Waals surface area contributed by atoms with E-state index in [2.05, 4.69) is 10.6 Å². The minimum atomic E-state index is 0.0751. The van der Waals surface area contributed by atoms with Gasteiger partial charge in [0, 0.05) is 30.8 Å². The summed E-state index contributed by atoms with van der Waals surface area (Å²) in [4.78, 5) is 0. The number of methoxy groups -OCH3 is 1. The summed E-state index contributed by atoms with van der Waals surface area (Å²) >= 11 is 0. The van der Waals surface area contributed by atoms with Gasteiger partial charge in [0.05, 0.1) is 26.4 Å². The molecule has 2 rings (SSSR count). The molecule has 4 heteroatoms. The van der Waals surface area contributed by atoms with Gasteiger partial charge in [0.15, 0.2) is 0 Å². The molecule has 1 aromatic heterocycles. The summed E-state index contributed by atoms with van der Waals surface area (Å²) in [6.45, 7) is 2.79. The van der Waals surface area contributed by atoms with Crippen LogP contribution in [-0.2, 0) is 22.6 Å². The van der Waals surface area contributed by atoms with Crippen LogP contribution in [-0.4, -0.2) is 36.6 Å². The molecule has 98 valence electrons. The number of rotatable bonds is 7. The van der Waals surface area contributed by atoms with Gasteiger partial charge in [-0.05, 0) is 17.7 Å². The maximum absolute atomic E-state index is 9.27. The lowest BCUT2D eigenvalue weighted by molar-refractivity contribution is 0.0670. The molecular formula is C14H19NO3. The lowest BCUT2D eigenvalue weighted by Gasteiger charge is -2.07. The van der Waals surface area contributed by atoms with Crippen molar-refractivity contribution in [3.63, 3.8) is 0 Å². The highest BCUT2D eigenvalue weighted by Gasteiger charge is 2.04. The van der Waals surface area contributed by atoms with Crippen molar-refractivity contribution in [2.24, 2.45) is 0 Å². The van der Waals surface area contributed by atoms with E-state index in [1.807, 2.05) is 24.4 Å². The molecule has 1 heterocycles. The van der Waals surface area contributed by atoms with Crippen LogP contribution in [0.4, 0.5) is 0 Å². The van der Waals surface area contributed by atoms with Crippen molar-refractivity contribution in [2.75, 3.05) is 26.9 Å². The number of benzene rings is 1. The van der Waals surface area contributed by atoms with E-state index in [4.69, 9.17) is 9.47 Å². The molecule has 0 aliphatic carbocycles. The average molecular weight is 249 g/mol. The Hall–Kier alpha value is -1.36. The van der Waals surface area contributed by atoms with Crippen LogP contribution >= 0.6 is 0 Å². The molecule has 1 aromatic carbocycles. The van der Waals surface area contributed by atoms with E-state index >= 15 is 0 Å². The van der Waals surface area contributed by atoms with Gasteiger partial charge in [-0.25, -0.2) is 0 Å². The second kappa shape index (κ2) is 6.54. The van der Waals surface area contributed by atoms with Crippen LogP contribution < -0.4 is 0 Å². The van der Waals surface area contributed by atoms with E-state index < -0.39 is 0 Å². The van der Waals surface area contributed by atoms with Gasteiger partial charge >= 0.3 is 0 Å². The van der Waals surface area contributed by atoms with E-state index in [-0.39, 0.29) is 6.61 Å². The van der Waals surface area contributed by atoms with Gasteiger partial charge in [-0.15, -0.1) is 0 Å². The number of hydrogen-bond acceptors (Lipinski definition) is 3. The van der Waals surface area contributed by atoms with Crippen molar-refractivity contribution < 1.29 is 14.6 Å². The first kappa shape index (κ1) is 13.1. The second-order valence-electron chi connectivity index (χ2n) is 4.12. The topological polar surface area (TPSA) is 43.6 Å². The molecule has 0 saturated heterocycles. The summed E-state index contributed by atoms with van der Waals surface area (Å²) in [5.41, 5.74) is 2.10. The molecule has 0 saturated carbocycles. The summed E-state index contributed by atoms with van der Waals surface area (Å²) in [6.07, 6.45) is 2.03. The normalized spacial score (nSPS) is 11.2. The summed E-state index contributed by atoms with van der Waals surface area (Å²) in [5.74, 6) is 0. The van der Waals surface area contributed by atoms with Crippen molar-refractivity contribution in [3.05, 3.63) is 36.0 Å². The first-order valence-electron chi connectivity index (χ1n) is 6.11. The molecule has 0 aliphatic rings. The number of nitrogens with zero attached hydrogens (tertiary/aromatic N) is 1. The molecule has 0 spiro atoms. The van der Waals surface area contributed by atoms with Crippen LogP contribution in [0, 0.1) is 0 Å². The zero-order chi connectivity index (χ0) is 12.8. The minimum absolute atomic E-state index is 0.0751. The molecule has 2 aromatic rings. The second-order valence-corrected chi connectivity index (χ2v) is 4.12. The van der Waals surface area contributed by atoms with E-state index in [0.29, 0.717) is 19.8 Å². The molecule has 1 N–H and O–H groups in total. The third kappa shape index (κ3) is 2.90. The zero-order valence-corrected chi connectivity index (χ0v) is 10.6. The third-order valence-electron chi connectivity index (χ3n) is 2.98. The van der Waals surface area contributed by atoms with Crippen molar-refractivity contribution in [1.29, 1.82) is 0 Å². The van der Waals surface area contributed by atoms with E-state index in [1.165, 1.54) is 0 Å². The predicted octanol–water partition coefficient (Wildman–Crippen LogP) is 1.80. The van der Waals surface area contributed by atoms with Gasteiger partial charge in [-0.1, -0.05) is 12.1 Å². The first-order chi connectivity index (χ1) is 8.86. The molecule has 0 fully saturated rings. The van der Waals surface area contributed by atoms with Crippen molar-refractivity contribution >= 4 is 10.9 Å². The number of fused-ring (bicyclic) bond motifs is 1. The lowest BCUT2D eigenvalue weighted by atomic mass is 10.1. The maximum Gasteiger partial charge on any atom is 0.0701 e. The monoisotopic (exact) mass is 249 g/mol. The highest BCUT2D eigenvalue weighted by atomic mass is 16.5. The fraction of sp³-hybridized carbons (Fsp3) is 0.429. The molecule has 0 amide bonds. The number of ether oxygens (including phenoxy) is 2. The molecule has 0 atom stereocenters. The highest BCUT2D eigenvalue weighted by Crippen LogP contribution is 2.20. The van der Waals surface area contributed by atoms with Crippen LogP contribution in [0.15, 0.2) is 30.5 Å².